The molecule has 0 aromatic heterocycles. The molecule has 0 radical (unpaired) electrons. The van der Waals surface area contributed by atoms with Gasteiger partial charge < -0.3 is 0 Å². The fourth-order valence-corrected chi connectivity index (χ4v) is 2.76. The number of hydrogen-bond acceptors (Lipinski definition) is 1. The molecular weight excluding hydrogens is 254 g/mol. The summed E-state index contributed by atoms with van der Waals surface area (Å²) in [5.74, 6) is 3.02. The molecule has 1 heteroatoms. The van der Waals surface area contributed by atoms with E-state index in [-0.39, 0.29) is 0 Å². The minimum atomic E-state index is 0.575. The molecule has 0 spiro atoms. The minimum Gasteiger partial charge on any atom is -0.300 e. The van der Waals surface area contributed by atoms with Crippen LogP contribution in [0, 0.1) is 23.2 Å². The number of hydrogen-bond donors (Lipinski definition) is 1. The van der Waals surface area contributed by atoms with Crippen LogP contribution >= 0.6 is 0 Å². The maximum absolute atomic E-state index is 7.97. The highest BCUT2D eigenvalue weighted by atomic mass is 14.4. The maximum Gasteiger partial charge on any atom is 0.0684 e. The van der Waals surface area contributed by atoms with E-state index in [2.05, 4.69) is 20.8 Å². The first kappa shape index (κ1) is 15.5. The number of nitrogens with one attached hydrogen (secondary N) is 1. The van der Waals surface area contributed by atoms with Gasteiger partial charge in [0.05, 0.1) is 5.71 Å². The molecule has 2 unspecified atom stereocenters. The van der Waals surface area contributed by atoms with Crippen LogP contribution < -0.4 is 0 Å². The summed E-state index contributed by atoms with van der Waals surface area (Å²) in [5, 5.41) is 7.97. The average Bonchev–Trinajstić information content (AvgIpc) is 2.56. The van der Waals surface area contributed by atoms with Crippen LogP contribution in [0.5, 0.6) is 0 Å². The molecular formula is C20H25N. The lowest BCUT2D eigenvalue weighted by Gasteiger charge is -2.38. The maximum atomic E-state index is 7.97. The molecule has 1 fully saturated rings. The van der Waals surface area contributed by atoms with Crippen LogP contribution in [0.2, 0.25) is 0 Å². The van der Waals surface area contributed by atoms with Crippen molar-refractivity contribution in [2.45, 2.75) is 27.2 Å². The lowest BCUT2D eigenvalue weighted by molar-refractivity contribution is 0.120. The fourth-order valence-electron chi connectivity index (χ4n) is 2.76. The zero-order valence-electron chi connectivity index (χ0n) is 13.2. The van der Waals surface area contributed by atoms with Crippen molar-refractivity contribution >= 4 is 5.71 Å². The zero-order chi connectivity index (χ0) is 15.2. The summed E-state index contributed by atoms with van der Waals surface area (Å²) in [4.78, 5) is 0. The van der Waals surface area contributed by atoms with E-state index in [9.17, 15) is 0 Å². The summed E-state index contributed by atoms with van der Waals surface area (Å²) >= 11 is 0. The number of rotatable bonds is 2. The first-order valence-electron chi connectivity index (χ1n) is 7.79. The third kappa shape index (κ3) is 4.04. The molecule has 110 valence electrons. The summed E-state index contributed by atoms with van der Waals surface area (Å²) in [5.41, 5.74) is 2.49. The SMILES string of the molecule is CC1CC(C)C1C.N=C(c1ccccc1)c1ccccc1. The summed E-state index contributed by atoms with van der Waals surface area (Å²) in [7, 11) is 0. The summed E-state index contributed by atoms with van der Waals surface area (Å²) < 4.78 is 0. The van der Waals surface area contributed by atoms with Crippen LogP contribution in [0.25, 0.3) is 0 Å². The van der Waals surface area contributed by atoms with E-state index < -0.39 is 0 Å². The van der Waals surface area contributed by atoms with E-state index in [4.69, 9.17) is 5.41 Å². The van der Waals surface area contributed by atoms with Crippen molar-refractivity contribution in [3.63, 3.8) is 0 Å². The van der Waals surface area contributed by atoms with Crippen molar-refractivity contribution in [3.05, 3.63) is 71.8 Å². The smallest absolute Gasteiger partial charge is 0.0684 e. The van der Waals surface area contributed by atoms with Crippen LogP contribution in [0.3, 0.4) is 0 Å². The van der Waals surface area contributed by atoms with Crippen LogP contribution in [0.1, 0.15) is 38.3 Å². The first-order valence-corrected chi connectivity index (χ1v) is 7.79. The molecule has 0 heterocycles. The van der Waals surface area contributed by atoms with E-state index in [0.29, 0.717) is 5.71 Å². The lowest BCUT2D eigenvalue weighted by atomic mass is 9.68. The molecule has 0 aliphatic heterocycles. The van der Waals surface area contributed by atoms with Gasteiger partial charge in [-0.05, 0) is 35.3 Å². The highest BCUT2D eigenvalue weighted by molar-refractivity contribution is 6.10. The topological polar surface area (TPSA) is 23.9 Å². The second kappa shape index (κ2) is 7.21. The van der Waals surface area contributed by atoms with Gasteiger partial charge in [-0.3, -0.25) is 5.41 Å². The summed E-state index contributed by atoms with van der Waals surface area (Å²) in [6.07, 6.45) is 1.46. The summed E-state index contributed by atoms with van der Waals surface area (Å²) in [6.45, 7) is 7.02. The number of benzene rings is 2. The molecule has 3 rings (SSSR count). The highest BCUT2D eigenvalue weighted by Gasteiger charge is 2.29. The average molecular weight is 279 g/mol. The Kier molecular flexibility index (Phi) is 5.32. The third-order valence-electron chi connectivity index (χ3n) is 4.66. The van der Waals surface area contributed by atoms with Crippen molar-refractivity contribution in [2.75, 3.05) is 0 Å². The first-order chi connectivity index (χ1) is 10.1. The van der Waals surface area contributed by atoms with E-state index >= 15 is 0 Å². The van der Waals surface area contributed by atoms with Gasteiger partial charge in [-0.1, -0.05) is 81.4 Å². The van der Waals surface area contributed by atoms with Gasteiger partial charge in [-0.2, -0.15) is 0 Å². The summed E-state index contributed by atoms with van der Waals surface area (Å²) in [6, 6.07) is 19.5. The van der Waals surface area contributed by atoms with E-state index in [1.165, 1.54) is 6.42 Å². The Balaban J connectivity index is 0.000000194. The normalized spacial score (nSPS) is 23.5. The minimum absolute atomic E-state index is 0.575. The molecule has 2 aromatic carbocycles. The molecule has 2 aromatic rings. The van der Waals surface area contributed by atoms with E-state index in [0.717, 1.165) is 28.9 Å². The molecule has 1 nitrogen and oxygen atoms in total. The Morgan fingerprint density at radius 1 is 0.762 bits per heavy atom. The van der Waals surface area contributed by atoms with Gasteiger partial charge in [0.1, 0.15) is 0 Å². The highest BCUT2D eigenvalue weighted by Crippen LogP contribution is 2.38. The van der Waals surface area contributed by atoms with Crippen molar-refractivity contribution in [1.82, 2.24) is 0 Å². The zero-order valence-corrected chi connectivity index (χ0v) is 13.2. The van der Waals surface area contributed by atoms with Crippen LogP contribution in [-0.2, 0) is 0 Å². The van der Waals surface area contributed by atoms with Gasteiger partial charge in [-0.25, -0.2) is 0 Å². The second-order valence-electron chi connectivity index (χ2n) is 6.16. The molecule has 0 bridgehead atoms. The van der Waals surface area contributed by atoms with E-state index in [1.54, 1.807) is 0 Å². The van der Waals surface area contributed by atoms with Crippen molar-refractivity contribution in [3.8, 4) is 0 Å². The third-order valence-corrected chi connectivity index (χ3v) is 4.66. The van der Waals surface area contributed by atoms with Crippen molar-refractivity contribution in [2.24, 2.45) is 17.8 Å². The Labute approximate surface area is 128 Å². The second-order valence-corrected chi connectivity index (χ2v) is 6.16. The Bertz CT molecular complexity index is 509. The van der Waals surface area contributed by atoms with Crippen molar-refractivity contribution in [1.29, 1.82) is 5.41 Å². The quantitative estimate of drug-likeness (QED) is 0.712. The van der Waals surface area contributed by atoms with Gasteiger partial charge in [0.15, 0.2) is 0 Å². The Morgan fingerprint density at radius 3 is 1.38 bits per heavy atom. The van der Waals surface area contributed by atoms with Crippen molar-refractivity contribution < 1.29 is 0 Å². The van der Waals surface area contributed by atoms with E-state index in [1.807, 2.05) is 60.7 Å². The lowest BCUT2D eigenvalue weighted by Crippen LogP contribution is -2.29. The molecule has 1 aliphatic rings. The molecule has 0 saturated heterocycles. The van der Waals surface area contributed by atoms with Gasteiger partial charge in [0.2, 0.25) is 0 Å². The molecule has 21 heavy (non-hydrogen) atoms. The molecule has 1 N–H and O–H groups in total. The Morgan fingerprint density at radius 2 is 1.14 bits per heavy atom. The predicted molar refractivity (Wildman–Crippen MR) is 90.9 cm³/mol. The van der Waals surface area contributed by atoms with Gasteiger partial charge in [0, 0.05) is 0 Å². The molecule has 2 atom stereocenters. The largest absolute Gasteiger partial charge is 0.300 e. The van der Waals surface area contributed by atoms with Gasteiger partial charge >= 0.3 is 0 Å². The fraction of sp³-hybridized carbons (Fsp3) is 0.350. The van der Waals surface area contributed by atoms with Gasteiger partial charge in [-0.15, -0.1) is 0 Å². The van der Waals surface area contributed by atoms with Crippen LogP contribution in [0.15, 0.2) is 60.7 Å². The molecule has 1 saturated carbocycles. The van der Waals surface area contributed by atoms with Gasteiger partial charge in [0.25, 0.3) is 0 Å². The Hall–Kier alpha value is -1.89. The predicted octanol–water partition coefficient (Wildman–Crippen LogP) is 5.40. The molecule has 0 amide bonds. The van der Waals surface area contributed by atoms with Crippen LogP contribution in [-0.4, -0.2) is 5.71 Å². The monoisotopic (exact) mass is 279 g/mol. The standard InChI is InChI=1S/C13H11N.C7H14/c14-13(11-7-3-1-4-8-11)12-9-5-2-6-10-12;1-5-4-6(2)7(5)3/h1-10,14H;5-7H,4H2,1-3H3. The van der Waals surface area contributed by atoms with Crippen LogP contribution in [0.4, 0.5) is 0 Å². The molecule has 1 aliphatic carbocycles.